The van der Waals surface area contributed by atoms with Gasteiger partial charge in [0.05, 0.1) is 18.1 Å². The monoisotopic (exact) mass is 369 g/mol. The topological polar surface area (TPSA) is 101 Å². The van der Waals surface area contributed by atoms with Crippen LogP contribution in [0.5, 0.6) is 11.5 Å². The third kappa shape index (κ3) is 4.22. The first-order valence-corrected chi connectivity index (χ1v) is 8.36. The average molecular weight is 369 g/mol. The van der Waals surface area contributed by atoms with Crippen molar-refractivity contribution in [1.82, 2.24) is 10.1 Å². The molecule has 0 aliphatic rings. The summed E-state index contributed by atoms with van der Waals surface area (Å²) in [5.74, 6) is 1.57. The van der Waals surface area contributed by atoms with E-state index >= 15 is 0 Å². The average Bonchev–Trinajstić information content (AvgIpc) is 3.15. The number of benzene rings is 2. The van der Waals surface area contributed by atoms with E-state index in [1.165, 1.54) is 24.8 Å². The molecule has 0 aliphatic carbocycles. The Hall–Kier alpha value is -3.42. The number of hydrogen-bond donors (Lipinski definition) is 0. The maximum absolute atomic E-state index is 11.2. The van der Waals surface area contributed by atoms with Crippen molar-refractivity contribution in [3.05, 3.63) is 64.0 Å². The van der Waals surface area contributed by atoms with E-state index in [9.17, 15) is 10.1 Å². The van der Waals surface area contributed by atoms with E-state index in [0.29, 0.717) is 17.5 Å². The number of nitro benzene ring substituents is 1. The zero-order chi connectivity index (χ0) is 19.4. The molecule has 3 rings (SSSR count). The lowest BCUT2D eigenvalue weighted by atomic mass is 10.0. The Morgan fingerprint density at radius 2 is 1.93 bits per heavy atom. The fourth-order valence-electron chi connectivity index (χ4n) is 2.48. The van der Waals surface area contributed by atoms with Gasteiger partial charge < -0.3 is 14.0 Å². The second-order valence-corrected chi connectivity index (χ2v) is 6.17. The van der Waals surface area contributed by atoms with Gasteiger partial charge in [-0.2, -0.15) is 4.98 Å². The summed E-state index contributed by atoms with van der Waals surface area (Å²) in [5, 5.41) is 15.1. The van der Waals surface area contributed by atoms with Crippen LogP contribution in [0.4, 0.5) is 5.69 Å². The largest absolute Gasteiger partial charge is 0.496 e. The van der Waals surface area contributed by atoms with Gasteiger partial charge in [-0.1, -0.05) is 43.3 Å². The molecule has 0 N–H and O–H groups in total. The zero-order valence-corrected chi connectivity index (χ0v) is 15.2. The molecule has 140 valence electrons. The number of methoxy groups -OCH3 is 1. The summed E-state index contributed by atoms with van der Waals surface area (Å²) < 4.78 is 15.7. The molecule has 0 aliphatic heterocycles. The molecule has 0 atom stereocenters. The molecular weight excluding hydrogens is 350 g/mol. The highest BCUT2D eigenvalue weighted by Crippen LogP contribution is 2.31. The molecule has 0 unspecified atom stereocenters. The zero-order valence-electron chi connectivity index (χ0n) is 15.2. The van der Waals surface area contributed by atoms with Crippen molar-refractivity contribution in [2.75, 3.05) is 7.11 Å². The van der Waals surface area contributed by atoms with Crippen molar-refractivity contribution in [2.24, 2.45) is 0 Å². The molecule has 8 heteroatoms. The van der Waals surface area contributed by atoms with Crippen molar-refractivity contribution < 1.29 is 18.9 Å². The van der Waals surface area contributed by atoms with Crippen LogP contribution in [0.25, 0.3) is 11.4 Å². The Kier molecular flexibility index (Phi) is 5.35. The van der Waals surface area contributed by atoms with Gasteiger partial charge in [0.15, 0.2) is 12.4 Å². The Labute approximate surface area is 155 Å². The third-order valence-corrected chi connectivity index (χ3v) is 4.02. The first-order valence-electron chi connectivity index (χ1n) is 8.36. The maximum atomic E-state index is 11.2. The van der Waals surface area contributed by atoms with Crippen LogP contribution in [0.1, 0.15) is 31.2 Å². The fourth-order valence-corrected chi connectivity index (χ4v) is 2.48. The Morgan fingerprint density at radius 1 is 1.19 bits per heavy atom. The molecule has 2 aromatic carbocycles. The van der Waals surface area contributed by atoms with Gasteiger partial charge in [0.25, 0.3) is 5.89 Å². The van der Waals surface area contributed by atoms with E-state index in [4.69, 9.17) is 14.0 Å². The van der Waals surface area contributed by atoms with Crippen molar-refractivity contribution in [3.63, 3.8) is 0 Å². The summed E-state index contributed by atoms with van der Waals surface area (Å²) in [5.41, 5.74) is 1.85. The molecule has 8 nitrogen and oxygen atoms in total. The minimum absolute atomic E-state index is 0.0791. The molecule has 0 saturated heterocycles. The molecular formula is C19H19N3O5. The van der Waals surface area contributed by atoms with E-state index in [-0.39, 0.29) is 23.9 Å². The van der Waals surface area contributed by atoms with Gasteiger partial charge in [-0.25, -0.2) is 0 Å². The summed E-state index contributed by atoms with van der Waals surface area (Å²) in [4.78, 5) is 14.9. The number of ether oxygens (including phenoxy) is 2. The first kappa shape index (κ1) is 18.4. The molecule has 3 aromatic rings. The van der Waals surface area contributed by atoms with Crippen molar-refractivity contribution in [1.29, 1.82) is 0 Å². The summed E-state index contributed by atoms with van der Waals surface area (Å²) >= 11 is 0. The minimum Gasteiger partial charge on any atom is -0.496 e. The number of aromatic nitrogens is 2. The Bertz CT molecular complexity index is 935. The molecule has 1 heterocycles. The van der Waals surface area contributed by atoms with Crippen molar-refractivity contribution in [3.8, 4) is 22.9 Å². The molecule has 27 heavy (non-hydrogen) atoms. The molecule has 0 radical (unpaired) electrons. The van der Waals surface area contributed by atoms with Crippen LogP contribution in [-0.4, -0.2) is 22.2 Å². The highest BCUT2D eigenvalue weighted by Gasteiger charge is 2.18. The molecule has 0 bridgehead atoms. The van der Waals surface area contributed by atoms with E-state index in [1.807, 2.05) is 24.3 Å². The van der Waals surface area contributed by atoms with Gasteiger partial charge in [-0.15, -0.1) is 0 Å². The maximum Gasteiger partial charge on any atom is 0.314 e. The predicted molar refractivity (Wildman–Crippen MR) is 97.8 cm³/mol. The highest BCUT2D eigenvalue weighted by molar-refractivity contribution is 5.55. The lowest BCUT2D eigenvalue weighted by Gasteiger charge is -2.06. The molecule has 1 aromatic heterocycles. The molecule has 0 spiro atoms. The summed E-state index contributed by atoms with van der Waals surface area (Å²) in [6.07, 6.45) is 0. The SMILES string of the molecule is COc1ccc(OCc2nc(-c3ccc(C(C)C)cc3)no2)c([N+](=O)[O-])c1. The van der Waals surface area contributed by atoms with Crippen LogP contribution in [0.15, 0.2) is 47.0 Å². The van der Waals surface area contributed by atoms with Crippen molar-refractivity contribution in [2.45, 2.75) is 26.4 Å². The van der Waals surface area contributed by atoms with Crippen LogP contribution in [0, 0.1) is 10.1 Å². The van der Waals surface area contributed by atoms with Gasteiger partial charge in [0, 0.05) is 5.56 Å². The van der Waals surface area contributed by atoms with Gasteiger partial charge in [0.2, 0.25) is 5.82 Å². The number of nitro groups is 1. The lowest BCUT2D eigenvalue weighted by Crippen LogP contribution is -2.00. The minimum atomic E-state index is -0.534. The van der Waals surface area contributed by atoms with Gasteiger partial charge in [-0.3, -0.25) is 10.1 Å². The second kappa shape index (κ2) is 7.86. The Balaban J connectivity index is 1.72. The number of rotatable bonds is 7. The van der Waals surface area contributed by atoms with Crippen LogP contribution in [-0.2, 0) is 6.61 Å². The first-order chi connectivity index (χ1) is 13.0. The van der Waals surface area contributed by atoms with Crippen LogP contribution in [0.3, 0.4) is 0 Å². The summed E-state index contributed by atoms with van der Waals surface area (Å²) in [6, 6.07) is 12.3. The fraction of sp³-hybridized carbons (Fsp3) is 0.263. The van der Waals surface area contributed by atoms with Crippen molar-refractivity contribution >= 4 is 5.69 Å². The lowest BCUT2D eigenvalue weighted by molar-refractivity contribution is -0.386. The van der Waals surface area contributed by atoms with Gasteiger partial charge in [-0.05, 0) is 23.6 Å². The van der Waals surface area contributed by atoms with Crippen LogP contribution >= 0.6 is 0 Å². The normalized spacial score (nSPS) is 10.8. The van der Waals surface area contributed by atoms with E-state index < -0.39 is 4.92 Å². The second-order valence-electron chi connectivity index (χ2n) is 6.17. The number of nitrogens with zero attached hydrogens (tertiary/aromatic N) is 3. The molecule has 0 amide bonds. The highest BCUT2D eigenvalue weighted by atomic mass is 16.6. The quantitative estimate of drug-likeness (QED) is 0.450. The van der Waals surface area contributed by atoms with E-state index in [1.54, 1.807) is 6.07 Å². The van der Waals surface area contributed by atoms with Gasteiger partial charge in [0.1, 0.15) is 5.75 Å². The standard InChI is InChI=1S/C19H19N3O5/c1-12(2)13-4-6-14(7-5-13)19-20-18(27-21-19)11-26-17-9-8-15(25-3)10-16(17)22(23)24/h4-10,12H,11H2,1-3H3. The smallest absolute Gasteiger partial charge is 0.314 e. The van der Waals surface area contributed by atoms with E-state index in [2.05, 4.69) is 24.0 Å². The van der Waals surface area contributed by atoms with Gasteiger partial charge >= 0.3 is 5.69 Å². The third-order valence-electron chi connectivity index (χ3n) is 4.02. The Morgan fingerprint density at radius 3 is 2.56 bits per heavy atom. The molecule has 0 saturated carbocycles. The molecule has 0 fully saturated rings. The van der Waals surface area contributed by atoms with Crippen LogP contribution < -0.4 is 9.47 Å². The van der Waals surface area contributed by atoms with E-state index in [0.717, 1.165) is 5.56 Å². The number of hydrogen-bond acceptors (Lipinski definition) is 7. The summed E-state index contributed by atoms with van der Waals surface area (Å²) in [6.45, 7) is 4.17. The predicted octanol–water partition coefficient (Wildman–Crippen LogP) is 4.36. The summed E-state index contributed by atoms with van der Waals surface area (Å²) in [7, 11) is 1.44. The van der Waals surface area contributed by atoms with Crippen LogP contribution in [0.2, 0.25) is 0 Å².